The predicted octanol–water partition coefficient (Wildman–Crippen LogP) is 6.94. The molecule has 0 N–H and O–H groups in total. The molecule has 0 radical (unpaired) electrons. The van der Waals surface area contributed by atoms with Crippen LogP contribution in [0.5, 0.6) is 6.01 Å². The van der Waals surface area contributed by atoms with Crippen molar-refractivity contribution in [1.82, 2.24) is 29.9 Å². The molecule has 10 nitrogen and oxygen atoms in total. The summed E-state index contributed by atoms with van der Waals surface area (Å²) >= 11 is 0. The quantitative estimate of drug-likeness (QED) is 0.180. The second-order valence-corrected chi connectivity index (χ2v) is 14.2. The molecule has 0 spiro atoms. The molecule has 254 valence electrons. The van der Waals surface area contributed by atoms with Crippen molar-refractivity contribution < 1.29 is 9.53 Å². The first kappa shape index (κ1) is 34.0. The van der Waals surface area contributed by atoms with E-state index in [2.05, 4.69) is 61.7 Å². The van der Waals surface area contributed by atoms with Gasteiger partial charge in [0.05, 0.1) is 43.1 Å². The largest absolute Gasteiger partial charge is 0.467 e. The summed E-state index contributed by atoms with van der Waals surface area (Å²) in [5, 5.41) is 0. The van der Waals surface area contributed by atoms with Gasteiger partial charge in [0, 0.05) is 48.6 Å². The van der Waals surface area contributed by atoms with E-state index >= 15 is 0 Å². The first-order chi connectivity index (χ1) is 23.6. The van der Waals surface area contributed by atoms with E-state index in [1.165, 1.54) is 18.3 Å². The Labute approximate surface area is 289 Å². The molecule has 4 aromatic rings. The summed E-state index contributed by atoms with van der Waals surface area (Å²) in [5.41, 5.74) is 8.03. The van der Waals surface area contributed by atoms with Crippen molar-refractivity contribution in [3.05, 3.63) is 95.1 Å². The van der Waals surface area contributed by atoms with Gasteiger partial charge in [0.25, 0.3) is 0 Å². The molecule has 6 rings (SSSR count). The van der Waals surface area contributed by atoms with Gasteiger partial charge >= 0.3 is 6.01 Å². The first-order valence-electron chi connectivity index (χ1n) is 17.2. The Morgan fingerprint density at radius 2 is 1.63 bits per heavy atom. The minimum absolute atomic E-state index is 0.0346. The number of aryl methyl sites for hydroxylation is 1. The Kier molecular flexibility index (Phi) is 10.2. The Bertz CT molecular complexity index is 1820. The number of hydrogen-bond donors (Lipinski definition) is 0. The topological polar surface area (TPSA) is 119 Å². The van der Waals surface area contributed by atoms with Gasteiger partial charge in [0.2, 0.25) is 5.91 Å². The van der Waals surface area contributed by atoms with Gasteiger partial charge in [0.15, 0.2) is 5.82 Å². The minimum Gasteiger partial charge on any atom is -0.467 e. The summed E-state index contributed by atoms with van der Waals surface area (Å²) in [6.45, 7) is 11.6. The summed E-state index contributed by atoms with van der Waals surface area (Å²) in [6.07, 6.45) is 14.3. The smallest absolute Gasteiger partial charge is 0.316 e. The minimum atomic E-state index is -0.0920. The second-order valence-electron chi connectivity index (χ2n) is 14.2. The molecular weight excluding hydrogens is 612 g/mol. The average Bonchev–Trinajstić information content (AvgIpc) is 3.45. The third kappa shape index (κ3) is 7.90. The molecule has 0 unspecified atom stereocenters. The highest BCUT2D eigenvalue weighted by atomic mass is 16.5. The summed E-state index contributed by atoms with van der Waals surface area (Å²) in [4.78, 5) is 48.5. The summed E-state index contributed by atoms with van der Waals surface area (Å²) in [6, 6.07) is 10.5. The molecular formula is C39H46N8O2. The van der Waals surface area contributed by atoms with Crippen LogP contribution in [0.1, 0.15) is 89.4 Å². The molecule has 1 aliphatic heterocycles. The number of amides is 1. The van der Waals surface area contributed by atoms with E-state index in [9.17, 15) is 4.79 Å². The normalized spacial score (nSPS) is 18.0. The van der Waals surface area contributed by atoms with Crippen LogP contribution >= 0.6 is 0 Å². The molecule has 1 saturated carbocycles. The van der Waals surface area contributed by atoms with E-state index in [4.69, 9.17) is 24.7 Å². The number of nitrogens with zero attached hydrogens (tertiary/aromatic N) is 8. The third-order valence-electron chi connectivity index (χ3n) is 9.72. The van der Waals surface area contributed by atoms with Crippen LogP contribution in [0, 0.1) is 5.92 Å². The zero-order valence-corrected chi connectivity index (χ0v) is 29.5. The lowest BCUT2D eigenvalue weighted by Crippen LogP contribution is -2.43. The van der Waals surface area contributed by atoms with Gasteiger partial charge in [-0.15, -0.1) is 0 Å². The fourth-order valence-electron chi connectivity index (χ4n) is 6.68. The Hall–Kier alpha value is -4.86. The summed E-state index contributed by atoms with van der Waals surface area (Å²) < 4.78 is 5.08. The number of carbonyl (C=O) groups is 1. The van der Waals surface area contributed by atoms with Crippen LogP contribution < -0.4 is 9.64 Å². The molecule has 1 amide bonds. The maximum Gasteiger partial charge on any atom is 0.316 e. The maximum atomic E-state index is 13.9. The molecule has 1 fully saturated rings. The van der Waals surface area contributed by atoms with Crippen molar-refractivity contribution in [2.45, 2.75) is 91.0 Å². The van der Waals surface area contributed by atoms with Crippen LogP contribution in [0.3, 0.4) is 0 Å². The van der Waals surface area contributed by atoms with E-state index in [0.717, 1.165) is 72.6 Å². The SMILES string of the molecule is COc1ncc(-c2cnc(N(C(=O)CCc3ccccc3)C3CCC(Cc4ncc(C(C)(C)C)c(C5=NCC(C)=C5C)n4)CC3)cn2)cn1. The zero-order chi connectivity index (χ0) is 34.5. The van der Waals surface area contributed by atoms with Crippen LogP contribution in [-0.4, -0.2) is 61.2 Å². The number of hydrogen-bond acceptors (Lipinski definition) is 9. The number of benzene rings is 1. The number of aromatic nitrogens is 6. The molecule has 10 heteroatoms. The highest BCUT2D eigenvalue weighted by molar-refractivity contribution is 6.13. The first-order valence-corrected chi connectivity index (χ1v) is 17.2. The van der Waals surface area contributed by atoms with Crippen LogP contribution in [-0.2, 0) is 23.1 Å². The summed E-state index contributed by atoms with van der Waals surface area (Å²) in [5.74, 6) is 1.93. The fourth-order valence-corrected chi connectivity index (χ4v) is 6.68. The molecule has 0 bridgehead atoms. The third-order valence-corrected chi connectivity index (χ3v) is 9.72. The van der Waals surface area contributed by atoms with Crippen molar-refractivity contribution in [3.8, 4) is 17.3 Å². The summed E-state index contributed by atoms with van der Waals surface area (Å²) in [7, 11) is 1.53. The molecule has 3 aromatic heterocycles. The van der Waals surface area contributed by atoms with E-state index in [1.54, 1.807) is 24.8 Å². The lowest BCUT2D eigenvalue weighted by molar-refractivity contribution is -0.119. The van der Waals surface area contributed by atoms with E-state index in [0.29, 0.717) is 36.3 Å². The second kappa shape index (κ2) is 14.7. The number of rotatable bonds is 10. The van der Waals surface area contributed by atoms with Gasteiger partial charge in [0.1, 0.15) is 5.82 Å². The van der Waals surface area contributed by atoms with Crippen molar-refractivity contribution >= 4 is 17.4 Å². The molecule has 4 heterocycles. The molecule has 1 aliphatic carbocycles. The van der Waals surface area contributed by atoms with Gasteiger partial charge in [-0.2, -0.15) is 0 Å². The van der Waals surface area contributed by atoms with E-state index in [1.807, 2.05) is 29.3 Å². The number of ether oxygens (including phenoxy) is 1. The van der Waals surface area contributed by atoms with Crippen molar-refractivity contribution in [2.75, 3.05) is 18.6 Å². The zero-order valence-electron chi connectivity index (χ0n) is 29.5. The molecule has 49 heavy (non-hydrogen) atoms. The average molecular weight is 659 g/mol. The highest BCUT2D eigenvalue weighted by Gasteiger charge is 2.32. The van der Waals surface area contributed by atoms with Gasteiger partial charge in [-0.25, -0.2) is 24.9 Å². The lowest BCUT2D eigenvalue weighted by Gasteiger charge is -2.36. The Morgan fingerprint density at radius 1 is 0.898 bits per heavy atom. The molecule has 0 saturated heterocycles. The van der Waals surface area contributed by atoms with Crippen molar-refractivity contribution in [2.24, 2.45) is 10.9 Å². The van der Waals surface area contributed by atoms with Gasteiger partial charge < -0.3 is 4.74 Å². The number of methoxy groups -OCH3 is 1. The molecule has 1 aromatic carbocycles. The van der Waals surface area contributed by atoms with Crippen molar-refractivity contribution in [3.63, 3.8) is 0 Å². The van der Waals surface area contributed by atoms with Gasteiger partial charge in [-0.05, 0) is 74.0 Å². The van der Waals surface area contributed by atoms with Crippen LogP contribution in [0.2, 0.25) is 0 Å². The Morgan fingerprint density at radius 3 is 2.24 bits per heavy atom. The van der Waals surface area contributed by atoms with Crippen molar-refractivity contribution in [1.29, 1.82) is 0 Å². The van der Waals surface area contributed by atoms with Crippen LogP contribution in [0.25, 0.3) is 11.3 Å². The fraction of sp³-hybridized carbons (Fsp3) is 0.436. The number of aliphatic imine (C=N–C) groups is 1. The standard InChI is InChI=1S/C39H46N8O2/c1-25-19-43-36(26(25)2)37-31(39(3,4)5)22-41-33(46-37)18-28-12-15-30(16-13-28)47(35(48)17-14-27-10-8-7-9-11-27)34-24-40-32(23-42-34)29-20-44-38(49-6)45-21-29/h7-11,20-24,28,30H,12-19H2,1-6H3. The van der Waals surface area contributed by atoms with Crippen LogP contribution in [0.4, 0.5) is 5.82 Å². The predicted molar refractivity (Wildman–Crippen MR) is 192 cm³/mol. The van der Waals surface area contributed by atoms with E-state index < -0.39 is 0 Å². The van der Waals surface area contributed by atoms with E-state index in [-0.39, 0.29) is 17.4 Å². The maximum absolute atomic E-state index is 13.9. The van der Waals surface area contributed by atoms with Gasteiger partial charge in [-0.3, -0.25) is 19.7 Å². The number of carbonyl (C=O) groups excluding carboxylic acids is 1. The number of allylic oxidation sites excluding steroid dienone is 1. The van der Waals surface area contributed by atoms with Gasteiger partial charge in [-0.1, -0.05) is 51.1 Å². The molecule has 2 aliphatic rings. The lowest BCUT2D eigenvalue weighted by atomic mass is 9.82. The highest BCUT2D eigenvalue weighted by Crippen LogP contribution is 2.34. The Balaban J connectivity index is 1.18. The monoisotopic (exact) mass is 658 g/mol. The molecule has 0 atom stereocenters. The van der Waals surface area contributed by atoms with Crippen LogP contribution in [0.15, 0.2) is 77.5 Å². The number of anilines is 1.